The van der Waals surface area contributed by atoms with Crippen LogP contribution in [0, 0.1) is 6.92 Å². The van der Waals surface area contributed by atoms with Crippen molar-refractivity contribution in [1.29, 1.82) is 0 Å². The molecule has 1 fully saturated rings. The Morgan fingerprint density at radius 2 is 2.27 bits per heavy atom. The van der Waals surface area contributed by atoms with Crippen molar-refractivity contribution in [2.75, 3.05) is 6.54 Å². The summed E-state index contributed by atoms with van der Waals surface area (Å²) in [5.41, 5.74) is 2.22. The molecule has 1 atom stereocenters. The third kappa shape index (κ3) is 3.20. The summed E-state index contributed by atoms with van der Waals surface area (Å²) in [4.78, 5) is 27.9. The van der Waals surface area contributed by atoms with Gasteiger partial charge in [0.1, 0.15) is 5.65 Å². The fourth-order valence-electron chi connectivity index (χ4n) is 2.67. The molecule has 1 aliphatic heterocycles. The quantitative estimate of drug-likeness (QED) is 0.852. The Hall–Kier alpha value is -1.73. The molecular formula is C15H17BrN4O2. The Balaban J connectivity index is 1.74. The van der Waals surface area contributed by atoms with Crippen LogP contribution in [0.4, 0.5) is 0 Å². The number of aromatic nitrogens is 2. The van der Waals surface area contributed by atoms with Gasteiger partial charge in [-0.2, -0.15) is 0 Å². The minimum Gasteiger partial charge on any atom is -0.352 e. The van der Waals surface area contributed by atoms with Crippen LogP contribution in [-0.2, 0) is 11.3 Å². The monoisotopic (exact) mass is 364 g/mol. The molecule has 1 unspecified atom stereocenters. The van der Waals surface area contributed by atoms with Crippen molar-refractivity contribution in [2.24, 2.45) is 0 Å². The summed E-state index contributed by atoms with van der Waals surface area (Å²) in [6.45, 7) is 3.12. The molecule has 3 heterocycles. The molecule has 1 amide bonds. The zero-order valence-electron chi connectivity index (χ0n) is 12.2. The van der Waals surface area contributed by atoms with E-state index in [2.05, 4.69) is 31.5 Å². The van der Waals surface area contributed by atoms with Gasteiger partial charge in [-0.25, -0.2) is 4.98 Å². The van der Waals surface area contributed by atoms with Crippen LogP contribution in [0.25, 0.3) is 5.65 Å². The summed E-state index contributed by atoms with van der Waals surface area (Å²) in [5, 5.41) is 6.16. The van der Waals surface area contributed by atoms with E-state index in [1.807, 2.05) is 13.0 Å². The van der Waals surface area contributed by atoms with Crippen LogP contribution in [0.2, 0.25) is 0 Å². The van der Waals surface area contributed by atoms with E-state index in [1.54, 1.807) is 16.7 Å². The minimum absolute atomic E-state index is 0.0969. The molecule has 116 valence electrons. The van der Waals surface area contributed by atoms with Gasteiger partial charge in [-0.3, -0.25) is 14.0 Å². The molecule has 0 spiro atoms. The fourth-order valence-corrected chi connectivity index (χ4v) is 3.22. The molecule has 1 aliphatic rings. The molecule has 0 radical (unpaired) electrons. The average molecular weight is 365 g/mol. The third-order valence-electron chi connectivity index (χ3n) is 3.75. The van der Waals surface area contributed by atoms with Crippen LogP contribution in [0.15, 0.2) is 27.6 Å². The highest BCUT2D eigenvalue weighted by Gasteiger charge is 2.19. The average Bonchev–Trinajstić information content (AvgIpc) is 2.86. The lowest BCUT2D eigenvalue weighted by Gasteiger charge is -2.11. The number of carbonyl (C=O) groups excluding carboxylic acids is 1. The lowest BCUT2D eigenvalue weighted by molar-refractivity contribution is -0.119. The zero-order chi connectivity index (χ0) is 15.7. The van der Waals surface area contributed by atoms with Crippen LogP contribution in [0.3, 0.4) is 0 Å². The summed E-state index contributed by atoms with van der Waals surface area (Å²) in [6.07, 6.45) is 3.17. The predicted molar refractivity (Wildman–Crippen MR) is 86.8 cm³/mol. The Morgan fingerprint density at radius 1 is 1.45 bits per heavy atom. The van der Waals surface area contributed by atoms with E-state index in [0.29, 0.717) is 30.9 Å². The second-order valence-corrected chi connectivity index (χ2v) is 6.47. The number of pyridine rings is 1. The second kappa shape index (κ2) is 6.18. The van der Waals surface area contributed by atoms with Gasteiger partial charge in [0, 0.05) is 42.3 Å². The van der Waals surface area contributed by atoms with Crippen LogP contribution >= 0.6 is 15.9 Å². The van der Waals surface area contributed by atoms with Crippen molar-refractivity contribution in [1.82, 2.24) is 20.0 Å². The topological polar surface area (TPSA) is 75.5 Å². The van der Waals surface area contributed by atoms with Crippen LogP contribution in [0.5, 0.6) is 0 Å². The Labute approximate surface area is 136 Å². The van der Waals surface area contributed by atoms with Gasteiger partial charge < -0.3 is 10.6 Å². The first-order valence-corrected chi connectivity index (χ1v) is 8.01. The summed E-state index contributed by atoms with van der Waals surface area (Å²) < 4.78 is 2.39. The molecule has 1 saturated heterocycles. The number of nitrogens with zero attached hydrogens (tertiary/aromatic N) is 2. The molecule has 6 nitrogen and oxygen atoms in total. The van der Waals surface area contributed by atoms with Crippen LogP contribution < -0.4 is 16.2 Å². The molecule has 2 N–H and O–H groups in total. The van der Waals surface area contributed by atoms with Gasteiger partial charge in [-0.1, -0.05) is 0 Å². The first-order valence-electron chi connectivity index (χ1n) is 7.21. The number of halogens is 1. The standard InChI is InChI=1S/C15H17BrN4O2/c1-9-4-10(16)8-20-14(22)5-12(19-15(9)20)7-17-6-11-2-3-13(21)18-11/h4-5,8,11,17H,2-3,6-7H2,1H3,(H,18,21). The van der Waals surface area contributed by atoms with Crippen LogP contribution in [0.1, 0.15) is 24.1 Å². The van der Waals surface area contributed by atoms with Gasteiger partial charge in [0.2, 0.25) is 5.91 Å². The molecule has 2 aromatic heterocycles. The first-order chi connectivity index (χ1) is 10.5. The van der Waals surface area contributed by atoms with Gasteiger partial charge in [-0.05, 0) is 40.9 Å². The summed E-state index contributed by atoms with van der Waals surface area (Å²) in [7, 11) is 0. The molecule has 0 aromatic carbocycles. The first kappa shape index (κ1) is 15.2. The SMILES string of the molecule is Cc1cc(Br)cn2c(=O)cc(CNCC3CCC(=O)N3)nc12. The molecule has 0 aliphatic carbocycles. The summed E-state index contributed by atoms with van der Waals surface area (Å²) in [6, 6.07) is 3.65. The van der Waals surface area contributed by atoms with E-state index in [9.17, 15) is 9.59 Å². The molecule has 22 heavy (non-hydrogen) atoms. The third-order valence-corrected chi connectivity index (χ3v) is 4.18. The van der Waals surface area contributed by atoms with Gasteiger partial charge in [-0.15, -0.1) is 0 Å². The van der Waals surface area contributed by atoms with Crippen molar-refractivity contribution in [3.8, 4) is 0 Å². The number of nitrogens with one attached hydrogen (secondary N) is 2. The molecule has 7 heteroatoms. The van der Waals surface area contributed by atoms with Crippen LogP contribution in [-0.4, -0.2) is 27.9 Å². The van der Waals surface area contributed by atoms with Crippen molar-refractivity contribution in [3.63, 3.8) is 0 Å². The molecule has 3 rings (SSSR count). The largest absolute Gasteiger partial charge is 0.352 e. The van der Waals surface area contributed by atoms with Crippen molar-refractivity contribution < 1.29 is 4.79 Å². The lowest BCUT2D eigenvalue weighted by atomic mass is 10.2. The normalized spacial score (nSPS) is 17.9. The molecule has 0 bridgehead atoms. The maximum Gasteiger partial charge on any atom is 0.258 e. The Morgan fingerprint density at radius 3 is 3.00 bits per heavy atom. The summed E-state index contributed by atoms with van der Waals surface area (Å²) >= 11 is 3.39. The van der Waals surface area contributed by atoms with Crippen molar-refractivity contribution in [3.05, 3.63) is 44.4 Å². The Bertz CT molecular complexity index is 787. The zero-order valence-corrected chi connectivity index (χ0v) is 13.8. The number of rotatable bonds is 4. The van der Waals surface area contributed by atoms with E-state index < -0.39 is 0 Å². The van der Waals surface area contributed by atoms with E-state index in [0.717, 1.165) is 16.5 Å². The number of carbonyl (C=O) groups is 1. The minimum atomic E-state index is -0.0969. The van der Waals surface area contributed by atoms with E-state index in [4.69, 9.17) is 0 Å². The van der Waals surface area contributed by atoms with E-state index in [-0.39, 0.29) is 17.5 Å². The van der Waals surface area contributed by atoms with E-state index in [1.165, 1.54) is 0 Å². The fraction of sp³-hybridized carbons (Fsp3) is 0.400. The number of aryl methyl sites for hydroxylation is 1. The van der Waals surface area contributed by atoms with E-state index >= 15 is 0 Å². The predicted octanol–water partition coefficient (Wildman–Crippen LogP) is 1.13. The van der Waals surface area contributed by atoms with Gasteiger partial charge >= 0.3 is 0 Å². The highest BCUT2D eigenvalue weighted by atomic mass is 79.9. The number of fused-ring (bicyclic) bond motifs is 1. The lowest BCUT2D eigenvalue weighted by Crippen LogP contribution is -2.35. The maximum atomic E-state index is 12.2. The summed E-state index contributed by atoms with van der Waals surface area (Å²) in [5.74, 6) is 0.107. The smallest absolute Gasteiger partial charge is 0.258 e. The highest BCUT2D eigenvalue weighted by Crippen LogP contribution is 2.14. The molecule has 2 aromatic rings. The highest BCUT2D eigenvalue weighted by molar-refractivity contribution is 9.10. The maximum absolute atomic E-state index is 12.2. The van der Waals surface area contributed by atoms with Gasteiger partial charge in [0.15, 0.2) is 0 Å². The van der Waals surface area contributed by atoms with Gasteiger partial charge in [0.25, 0.3) is 5.56 Å². The Kier molecular flexibility index (Phi) is 4.26. The number of amides is 1. The van der Waals surface area contributed by atoms with Gasteiger partial charge in [0.05, 0.1) is 5.69 Å². The number of hydrogen-bond acceptors (Lipinski definition) is 4. The molecule has 0 saturated carbocycles. The molecular weight excluding hydrogens is 348 g/mol. The second-order valence-electron chi connectivity index (χ2n) is 5.55. The van der Waals surface area contributed by atoms with Crippen molar-refractivity contribution >= 4 is 27.5 Å². The van der Waals surface area contributed by atoms with Crippen molar-refractivity contribution in [2.45, 2.75) is 32.4 Å². The number of hydrogen-bond donors (Lipinski definition) is 2.